The van der Waals surface area contributed by atoms with Crippen molar-refractivity contribution in [1.29, 1.82) is 0 Å². The number of hydrogen-bond donors (Lipinski definition) is 1. The van der Waals surface area contributed by atoms with Crippen molar-refractivity contribution < 1.29 is 0 Å². The predicted octanol–water partition coefficient (Wildman–Crippen LogP) is 10.1. The molecule has 0 spiro atoms. The maximum Gasteiger partial charge on any atom is 0.0465 e. The quantitative estimate of drug-likeness (QED) is 0.256. The van der Waals surface area contributed by atoms with Crippen LogP contribution in [-0.2, 0) is 0 Å². The molecule has 0 aliphatic carbocycles. The number of aromatic nitrogens is 1. The van der Waals surface area contributed by atoms with Gasteiger partial charge in [-0.15, -0.1) is 0 Å². The second-order valence-electron chi connectivity index (χ2n) is 9.57. The van der Waals surface area contributed by atoms with E-state index in [0.29, 0.717) is 0 Å². The third kappa shape index (κ3) is 4.03. The van der Waals surface area contributed by atoms with Crippen LogP contribution in [-0.4, -0.2) is 4.98 Å². The average molecular weight is 487 g/mol. The number of nitrogens with one attached hydrogen (secondary N) is 1. The number of H-pyrrole nitrogens is 1. The highest BCUT2D eigenvalue weighted by Gasteiger charge is 2.13. The standard InChI is InChI=1S/C36H26N2/c1-4-10-26(11-5-1)28-18-22-35-33(24-28)34-25-29(19-23-36(34)37-35)27-16-20-32(21-17-27)38(30-12-6-2-7-13-30)31-14-8-3-9-15-31/h1-25,37H. The van der Waals surface area contributed by atoms with E-state index in [1.54, 1.807) is 0 Å². The molecule has 0 fully saturated rings. The topological polar surface area (TPSA) is 19.0 Å². The summed E-state index contributed by atoms with van der Waals surface area (Å²) >= 11 is 0. The molecule has 0 radical (unpaired) electrons. The van der Waals surface area contributed by atoms with Crippen molar-refractivity contribution in [2.75, 3.05) is 4.90 Å². The zero-order valence-electron chi connectivity index (χ0n) is 20.9. The minimum absolute atomic E-state index is 1.13. The maximum atomic E-state index is 3.59. The Hall–Kier alpha value is -5.08. The molecule has 2 nitrogen and oxygen atoms in total. The van der Waals surface area contributed by atoms with Crippen LogP contribution in [0.25, 0.3) is 44.1 Å². The van der Waals surface area contributed by atoms with E-state index < -0.39 is 0 Å². The van der Waals surface area contributed by atoms with Gasteiger partial charge in [-0.2, -0.15) is 0 Å². The molecule has 6 aromatic carbocycles. The van der Waals surface area contributed by atoms with Gasteiger partial charge in [0.2, 0.25) is 0 Å². The Kier molecular flexibility index (Phi) is 5.49. The maximum absolute atomic E-state index is 3.59. The van der Waals surface area contributed by atoms with Gasteiger partial charge in [0, 0.05) is 38.9 Å². The van der Waals surface area contributed by atoms with E-state index in [1.807, 2.05) is 0 Å². The number of nitrogens with zero attached hydrogens (tertiary/aromatic N) is 1. The highest BCUT2D eigenvalue weighted by atomic mass is 15.1. The summed E-state index contributed by atoms with van der Waals surface area (Å²) in [5.41, 5.74) is 10.6. The molecule has 1 aromatic heterocycles. The summed E-state index contributed by atoms with van der Waals surface area (Å²) in [7, 11) is 0. The molecule has 7 aromatic rings. The lowest BCUT2D eigenvalue weighted by Crippen LogP contribution is -2.09. The molecular weight excluding hydrogens is 460 g/mol. The number of para-hydroxylation sites is 2. The summed E-state index contributed by atoms with van der Waals surface area (Å²) in [6.45, 7) is 0. The van der Waals surface area contributed by atoms with E-state index in [0.717, 1.165) is 28.1 Å². The van der Waals surface area contributed by atoms with Gasteiger partial charge in [0.1, 0.15) is 0 Å². The van der Waals surface area contributed by atoms with Crippen LogP contribution in [0.3, 0.4) is 0 Å². The van der Waals surface area contributed by atoms with Gasteiger partial charge in [-0.3, -0.25) is 0 Å². The summed E-state index contributed by atoms with van der Waals surface area (Å²) in [6, 6.07) is 53.9. The second kappa shape index (κ2) is 9.42. The summed E-state index contributed by atoms with van der Waals surface area (Å²) < 4.78 is 0. The number of benzene rings is 6. The number of anilines is 3. The fraction of sp³-hybridized carbons (Fsp3) is 0. The number of fused-ring (bicyclic) bond motifs is 3. The van der Waals surface area contributed by atoms with Gasteiger partial charge in [0.05, 0.1) is 0 Å². The normalized spacial score (nSPS) is 11.2. The molecule has 0 saturated heterocycles. The van der Waals surface area contributed by atoms with Gasteiger partial charge >= 0.3 is 0 Å². The first-order valence-electron chi connectivity index (χ1n) is 13.0. The Bertz CT molecular complexity index is 1800. The van der Waals surface area contributed by atoms with Crippen LogP contribution in [0.4, 0.5) is 17.1 Å². The number of aromatic amines is 1. The molecule has 38 heavy (non-hydrogen) atoms. The van der Waals surface area contributed by atoms with Crippen molar-refractivity contribution in [2.45, 2.75) is 0 Å². The Morgan fingerprint density at radius 2 is 0.737 bits per heavy atom. The van der Waals surface area contributed by atoms with E-state index in [9.17, 15) is 0 Å². The smallest absolute Gasteiger partial charge is 0.0465 e. The lowest BCUT2D eigenvalue weighted by molar-refractivity contribution is 1.28. The fourth-order valence-corrected chi connectivity index (χ4v) is 5.29. The van der Waals surface area contributed by atoms with Gasteiger partial charge < -0.3 is 9.88 Å². The van der Waals surface area contributed by atoms with Crippen molar-refractivity contribution >= 4 is 38.9 Å². The molecule has 2 heteroatoms. The molecule has 0 saturated carbocycles. The van der Waals surface area contributed by atoms with Crippen molar-refractivity contribution in [2.24, 2.45) is 0 Å². The van der Waals surface area contributed by atoms with Crippen LogP contribution in [0.2, 0.25) is 0 Å². The SMILES string of the molecule is c1ccc(-c2ccc3[nH]c4ccc(-c5ccc(N(c6ccccc6)c6ccccc6)cc5)cc4c3c2)cc1. The van der Waals surface area contributed by atoms with E-state index >= 15 is 0 Å². The minimum atomic E-state index is 1.13. The van der Waals surface area contributed by atoms with Crippen molar-refractivity contribution in [1.82, 2.24) is 4.98 Å². The van der Waals surface area contributed by atoms with Gasteiger partial charge in [-0.1, -0.05) is 91.0 Å². The van der Waals surface area contributed by atoms with Gasteiger partial charge in [-0.25, -0.2) is 0 Å². The fourth-order valence-electron chi connectivity index (χ4n) is 5.29. The second-order valence-corrected chi connectivity index (χ2v) is 9.57. The number of rotatable bonds is 5. The lowest BCUT2D eigenvalue weighted by atomic mass is 10.00. The van der Waals surface area contributed by atoms with Gasteiger partial charge in [0.25, 0.3) is 0 Å². The molecule has 1 heterocycles. The summed E-state index contributed by atoms with van der Waals surface area (Å²) in [4.78, 5) is 5.88. The van der Waals surface area contributed by atoms with Crippen molar-refractivity contribution in [3.8, 4) is 22.3 Å². The van der Waals surface area contributed by atoms with Gasteiger partial charge in [0.15, 0.2) is 0 Å². The molecule has 0 aliphatic rings. The Morgan fingerprint density at radius 3 is 1.24 bits per heavy atom. The zero-order valence-corrected chi connectivity index (χ0v) is 20.9. The Labute approximate surface area is 222 Å². The third-order valence-corrected chi connectivity index (χ3v) is 7.19. The first kappa shape index (κ1) is 22.1. The van der Waals surface area contributed by atoms with Crippen LogP contribution in [0.5, 0.6) is 0 Å². The molecular formula is C36H26N2. The third-order valence-electron chi connectivity index (χ3n) is 7.19. The molecule has 0 aliphatic heterocycles. The largest absolute Gasteiger partial charge is 0.355 e. The molecule has 1 N–H and O–H groups in total. The van der Waals surface area contributed by atoms with Crippen LogP contribution in [0.1, 0.15) is 0 Å². The molecule has 0 bridgehead atoms. The molecule has 180 valence electrons. The van der Waals surface area contributed by atoms with Crippen LogP contribution >= 0.6 is 0 Å². The predicted molar refractivity (Wildman–Crippen MR) is 161 cm³/mol. The molecule has 0 unspecified atom stereocenters. The first-order chi connectivity index (χ1) is 18.8. The Morgan fingerprint density at radius 1 is 0.342 bits per heavy atom. The van der Waals surface area contributed by atoms with Crippen LogP contribution in [0, 0.1) is 0 Å². The molecule has 0 amide bonds. The highest BCUT2D eigenvalue weighted by Crippen LogP contribution is 2.37. The summed E-state index contributed by atoms with van der Waals surface area (Å²) in [5.74, 6) is 0. The van der Waals surface area contributed by atoms with E-state index in [4.69, 9.17) is 0 Å². The van der Waals surface area contributed by atoms with E-state index in [1.165, 1.54) is 33.0 Å². The number of hydrogen-bond acceptors (Lipinski definition) is 1. The summed E-state index contributed by atoms with van der Waals surface area (Å²) in [5, 5.41) is 2.49. The monoisotopic (exact) mass is 486 g/mol. The van der Waals surface area contributed by atoms with Gasteiger partial charge in [-0.05, 0) is 82.9 Å². The summed E-state index contributed by atoms with van der Waals surface area (Å²) in [6.07, 6.45) is 0. The van der Waals surface area contributed by atoms with Crippen LogP contribution < -0.4 is 4.90 Å². The molecule has 7 rings (SSSR count). The zero-order chi connectivity index (χ0) is 25.3. The van der Waals surface area contributed by atoms with Crippen molar-refractivity contribution in [3.63, 3.8) is 0 Å². The average Bonchev–Trinajstić information content (AvgIpc) is 3.36. The van der Waals surface area contributed by atoms with E-state index in [2.05, 4.69) is 162 Å². The van der Waals surface area contributed by atoms with Crippen molar-refractivity contribution in [3.05, 3.63) is 152 Å². The van der Waals surface area contributed by atoms with E-state index in [-0.39, 0.29) is 0 Å². The highest BCUT2D eigenvalue weighted by molar-refractivity contribution is 6.09. The first-order valence-corrected chi connectivity index (χ1v) is 13.0. The minimum Gasteiger partial charge on any atom is -0.355 e. The lowest BCUT2D eigenvalue weighted by Gasteiger charge is -2.25. The Balaban J connectivity index is 1.28. The van der Waals surface area contributed by atoms with Crippen LogP contribution in [0.15, 0.2) is 152 Å². The molecule has 0 atom stereocenters.